The molecular formula is C14H15BrN2O3S. The van der Waals surface area contributed by atoms with E-state index in [-0.39, 0.29) is 10.6 Å². The summed E-state index contributed by atoms with van der Waals surface area (Å²) in [7, 11) is -0.701. The molecule has 0 aliphatic carbocycles. The second-order valence-corrected chi connectivity index (χ2v) is 7.55. The fraction of sp³-hybridized carbons (Fsp3) is 0.143. The van der Waals surface area contributed by atoms with Gasteiger partial charge in [0.15, 0.2) is 5.75 Å². The van der Waals surface area contributed by atoms with E-state index in [1.54, 1.807) is 24.3 Å². The quantitative estimate of drug-likeness (QED) is 0.839. The van der Waals surface area contributed by atoms with Crippen LogP contribution in [0.4, 0.5) is 5.69 Å². The highest BCUT2D eigenvalue weighted by Crippen LogP contribution is 2.33. The summed E-state index contributed by atoms with van der Waals surface area (Å²) < 4.78 is 32.0. The van der Waals surface area contributed by atoms with Gasteiger partial charge in [0.2, 0.25) is 10.0 Å². The molecule has 2 aromatic carbocycles. The molecule has 0 radical (unpaired) electrons. The van der Waals surface area contributed by atoms with E-state index in [4.69, 9.17) is 10.5 Å². The third-order valence-electron chi connectivity index (χ3n) is 2.81. The number of para-hydroxylation sites is 1. The third kappa shape index (κ3) is 3.37. The van der Waals surface area contributed by atoms with Gasteiger partial charge < -0.3 is 10.5 Å². The Morgan fingerprint density at radius 1 is 1.14 bits per heavy atom. The molecule has 2 rings (SSSR count). The zero-order valence-electron chi connectivity index (χ0n) is 11.6. The molecule has 2 N–H and O–H groups in total. The monoisotopic (exact) mass is 370 g/mol. The van der Waals surface area contributed by atoms with Crippen LogP contribution in [0.2, 0.25) is 0 Å². The topological polar surface area (TPSA) is 72.6 Å². The Bertz CT molecular complexity index is 761. The Hall–Kier alpha value is -1.57. The number of hydrogen-bond acceptors (Lipinski definition) is 4. The van der Waals surface area contributed by atoms with Gasteiger partial charge in [0.1, 0.15) is 10.6 Å². The number of nitrogen functional groups attached to an aromatic ring is 1. The molecule has 0 aromatic heterocycles. The van der Waals surface area contributed by atoms with Crippen LogP contribution in [0, 0.1) is 0 Å². The van der Waals surface area contributed by atoms with Gasteiger partial charge in [-0.3, -0.25) is 0 Å². The van der Waals surface area contributed by atoms with E-state index in [0.29, 0.717) is 11.5 Å². The molecule has 0 aliphatic heterocycles. The zero-order chi connectivity index (χ0) is 15.6. The maximum atomic E-state index is 12.2. The fourth-order valence-corrected chi connectivity index (χ4v) is 3.09. The first kappa shape index (κ1) is 15.8. The molecule has 2 aromatic rings. The first-order valence-electron chi connectivity index (χ1n) is 6.07. The molecule has 0 heterocycles. The average Bonchev–Trinajstić information content (AvgIpc) is 2.41. The molecule has 0 bridgehead atoms. The van der Waals surface area contributed by atoms with Gasteiger partial charge in [-0.05, 0) is 30.3 Å². The lowest BCUT2D eigenvalue weighted by molar-refractivity contribution is 0.481. The van der Waals surface area contributed by atoms with Crippen molar-refractivity contribution in [2.75, 3.05) is 19.8 Å². The van der Waals surface area contributed by atoms with Gasteiger partial charge in [0.25, 0.3) is 0 Å². The number of sulfonamides is 1. The number of hydrogen-bond donors (Lipinski definition) is 1. The van der Waals surface area contributed by atoms with Crippen LogP contribution in [-0.2, 0) is 10.0 Å². The minimum Gasteiger partial charge on any atom is -0.455 e. The zero-order valence-corrected chi connectivity index (χ0v) is 14.0. The van der Waals surface area contributed by atoms with Crippen LogP contribution >= 0.6 is 15.9 Å². The Morgan fingerprint density at radius 2 is 1.81 bits per heavy atom. The summed E-state index contributed by atoms with van der Waals surface area (Å²) in [5.74, 6) is 0.867. The number of nitrogens with two attached hydrogens (primary N) is 1. The summed E-state index contributed by atoms with van der Waals surface area (Å²) in [5, 5.41) is 0. The number of nitrogens with zero attached hydrogens (tertiary/aromatic N) is 1. The molecule has 0 saturated heterocycles. The van der Waals surface area contributed by atoms with Crippen molar-refractivity contribution < 1.29 is 13.2 Å². The van der Waals surface area contributed by atoms with Crippen molar-refractivity contribution in [2.45, 2.75) is 4.90 Å². The van der Waals surface area contributed by atoms with E-state index in [2.05, 4.69) is 15.9 Å². The summed E-state index contributed by atoms with van der Waals surface area (Å²) in [6, 6.07) is 11.9. The largest absolute Gasteiger partial charge is 0.455 e. The smallest absolute Gasteiger partial charge is 0.244 e. The van der Waals surface area contributed by atoms with Crippen molar-refractivity contribution in [1.29, 1.82) is 0 Å². The number of anilines is 1. The highest BCUT2D eigenvalue weighted by molar-refractivity contribution is 9.10. The molecular weight excluding hydrogens is 356 g/mol. The normalized spacial score (nSPS) is 11.6. The lowest BCUT2D eigenvalue weighted by atomic mass is 10.3. The predicted octanol–water partition coefficient (Wildman–Crippen LogP) is 3.07. The maximum Gasteiger partial charge on any atom is 0.244 e. The Kier molecular flexibility index (Phi) is 4.55. The van der Waals surface area contributed by atoms with Crippen LogP contribution in [0.25, 0.3) is 0 Å². The van der Waals surface area contributed by atoms with Crippen LogP contribution in [0.5, 0.6) is 11.5 Å². The molecule has 0 spiro atoms. The van der Waals surface area contributed by atoms with E-state index >= 15 is 0 Å². The third-order valence-corrected chi connectivity index (χ3v) is 5.18. The van der Waals surface area contributed by atoms with E-state index in [0.717, 1.165) is 8.78 Å². The first-order valence-corrected chi connectivity index (χ1v) is 8.30. The Balaban J connectivity index is 2.44. The van der Waals surface area contributed by atoms with Crippen molar-refractivity contribution in [3.63, 3.8) is 0 Å². The second kappa shape index (κ2) is 6.05. The van der Waals surface area contributed by atoms with E-state index < -0.39 is 10.0 Å². The van der Waals surface area contributed by atoms with Crippen LogP contribution in [-0.4, -0.2) is 26.8 Å². The molecule has 21 heavy (non-hydrogen) atoms. The number of halogens is 1. The van der Waals surface area contributed by atoms with Crippen LogP contribution < -0.4 is 10.5 Å². The summed E-state index contributed by atoms with van der Waals surface area (Å²) in [5.41, 5.74) is 6.04. The molecule has 5 nitrogen and oxygen atoms in total. The van der Waals surface area contributed by atoms with E-state index in [1.165, 1.54) is 20.2 Å². The second-order valence-electron chi connectivity index (χ2n) is 4.51. The summed E-state index contributed by atoms with van der Waals surface area (Å²) in [4.78, 5) is 0.0278. The first-order chi connectivity index (χ1) is 9.82. The molecule has 0 fully saturated rings. The van der Waals surface area contributed by atoms with E-state index in [9.17, 15) is 8.42 Å². The lowest BCUT2D eigenvalue weighted by Crippen LogP contribution is -2.23. The minimum atomic E-state index is -3.61. The standard InChI is InChI=1S/C14H15BrN2O3S/c1-17(2)21(18,19)13-8-4-7-12(14(13)16)20-11-6-3-5-10(15)9-11/h3-9H,16H2,1-2H3. The maximum absolute atomic E-state index is 12.2. The minimum absolute atomic E-state index is 0.0278. The van der Waals surface area contributed by atoms with Crippen molar-refractivity contribution in [1.82, 2.24) is 4.31 Å². The highest BCUT2D eigenvalue weighted by atomic mass is 79.9. The highest BCUT2D eigenvalue weighted by Gasteiger charge is 2.22. The van der Waals surface area contributed by atoms with Gasteiger partial charge in [0, 0.05) is 18.6 Å². The van der Waals surface area contributed by atoms with Gasteiger partial charge in [-0.2, -0.15) is 0 Å². The van der Waals surface area contributed by atoms with Gasteiger partial charge in [-0.15, -0.1) is 0 Å². The summed E-state index contributed by atoms with van der Waals surface area (Å²) in [6.45, 7) is 0. The molecule has 0 atom stereocenters. The molecule has 112 valence electrons. The van der Waals surface area contributed by atoms with Crippen LogP contribution in [0.1, 0.15) is 0 Å². The number of ether oxygens (including phenoxy) is 1. The summed E-state index contributed by atoms with van der Waals surface area (Å²) in [6.07, 6.45) is 0. The van der Waals surface area contributed by atoms with Crippen molar-refractivity contribution >= 4 is 31.6 Å². The average molecular weight is 371 g/mol. The fourth-order valence-electron chi connectivity index (χ4n) is 1.69. The van der Waals surface area contributed by atoms with Crippen LogP contribution in [0.15, 0.2) is 51.8 Å². The predicted molar refractivity (Wildman–Crippen MR) is 85.9 cm³/mol. The van der Waals surface area contributed by atoms with Gasteiger partial charge in [0.05, 0.1) is 5.69 Å². The Labute approximate surface area is 132 Å². The van der Waals surface area contributed by atoms with Gasteiger partial charge in [-0.1, -0.05) is 28.1 Å². The van der Waals surface area contributed by atoms with Crippen molar-refractivity contribution in [3.8, 4) is 11.5 Å². The molecule has 0 aliphatic rings. The number of rotatable bonds is 4. The SMILES string of the molecule is CN(C)S(=O)(=O)c1cccc(Oc2cccc(Br)c2)c1N. The van der Waals surface area contributed by atoms with Crippen molar-refractivity contribution in [2.24, 2.45) is 0 Å². The molecule has 7 heteroatoms. The van der Waals surface area contributed by atoms with Gasteiger partial charge in [-0.25, -0.2) is 12.7 Å². The summed E-state index contributed by atoms with van der Waals surface area (Å²) >= 11 is 3.35. The van der Waals surface area contributed by atoms with Gasteiger partial charge >= 0.3 is 0 Å². The molecule has 0 unspecified atom stereocenters. The molecule has 0 saturated carbocycles. The lowest BCUT2D eigenvalue weighted by Gasteiger charge is -2.15. The number of benzene rings is 2. The van der Waals surface area contributed by atoms with Crippen molar-refractivity contribution in [3.05, 3.63) is 46.9 Å². The van der Waals surface area contributed by atoms with Crippen LogP contribution in [0.3, 0.4) is 0 Å². The Morgan fingerprint density at radius 3 is 2.43 bits per heavy atom. The molecule has 0 amide bonds. The van der Waals surface area contributed by atoms with E-state index in [1.807, 2.05) is 12.1 Å².